The second-order valence-corrected chi connectivity index (χ2v) is 6.15. The normalized spacial score (nSPS) is 12.7. The van der Waals surface area contributed by atoms with Crippen LogP contribution >= 0.6 is 15.9 Å². The van der Waals surface area contributed by atoms with E-state index >= 15 is 0 Å². The third-order valence-electron chi connectivity index (χ3n) is 3.94. The van der Waals surface area contributed by atoms with Crippen molar-refractivity contribution in [2.75, 3.05) is 7.05 Å². The van der Waals surface area contributed by atoms with Gasteiger partial charge in [0.05, 0.1) is 15.9 Å². The summed E-state index contributed by atoms with van der Waals surface area (Å²) in [7, 11) is 4.01. The summed E-state index contributed by atoms with van der Waals surface area (Å²) in [6, 6.07) is 6.97. The number of likely N-dealkylation sites (N-methyl/N-ethyl adjacent to an activating group) is 1. The van der Waals surface area contributed by atoms with Gasteiger partial charge in [-0.25, -0.2) is 0 Å². The van der Waals surface area contributed by atoms with Crippen molar-refractivity contribution in [2.24, 2.45) is 7.05 Å². The Kier molecular flexibility index (Phi) is 4.66. The minimum Gasteiger partial charge on any atom is -0.313 e. The van der Waals surface area contributed by atoms with Crippen molar-refractivity contribution < 1.29 is 0 Å². The summed E-state index contributed by atoms with van der Waals surface area (Å²) in [5.41, 5.74) is 6.25. The molecule has 1 aromatic heterocycles. The van der Waals surface area contributed by atoms with Gasteiger partial charge >= 0.3 is 0 Å². The monoisotopic (exact) mass is 335 g/mol. The van der Waals surface area contributed by atoms with Gasteiger partial charge in [-0.3, -0.25) is 4.68 Å². The van der Waals surface area contributed by atoms with Crippen LogP contribution in [-0.2, 0) is 13.5 Å². The Balaban J connectivity index is 2.31. The number of aromatic nitrogens is 2. The average Bonchev–Trinajstić information content (AvgIpc) is 2.65. The van der Waals surface area contributed by atoms with Gasteiger partial charge in [-0.1, -0.05) is 18.2 Å². The Hall–Kier alpha value is -1.13. The number of benzene rings is 1. The number of nitrogens with one attached hydrogen (secondary N) is 1. The van der Waals surface area contributed by atoms with E-state index in [2.05, 4.69) is 58.4 Å². The number of halogens is 1. The average molecular weight is 336 g/mol. The summed E-state index contributed by atoms with van der Waals surface area (Å²) in [6.45, 7) is 6.34. The summed E-state index contributed by atoms with van der Waals surface area (Å²) in [5, 5.41) is 7.88. The van der Waals surface area contributed by atoms with Crippen LogP contribution in [0.4, 0.5) is 0 Å². The van der Waals surface area contributed by atoms with Crippen LogP contribution in [0.2, 0.25) is 0 Å². The zero-order valence-electron chi connectivity index (χ0n) is 12.8. The van der Waals surface area contributed by atoms with Gasteiger partial charge in [0.1, 0.15) is 0 Å². The van der Waals surface area contributed by atoms with Crippen LogP contribution in [0, 0.1) is 20.8 Å². The van der Waals surface area contributed by atoms with Crippen LogP contribution in [0.5, 0.6) is 0 Å². The van der Waals surface area contributed by atoms with Gasteiger partial charge in [-0.05, 0) is 60.4 Å². The maximum Gasteiger partial charge on any atom is 0.0738 e. The lowest BCUT2D eigenvalue weighted by Crippen LogP contribution is -2.20. The molecule has 0 bridgehead atoms. The Labute approximate surface area is 129 Å². The van der Waals surface area contributed by atoms with Gasteiger partial charge in [0.2, 0.25) is 0 Å². The smallest absolute Gasteiger partial charge is 0.0738 e. The molecule has 0 aliphatic heterocycles. The lowest BCUT2D eigenvalue weighted by molar-refractivity contribution is 0.560. The van der Waals surface area contributed by atoms with E-state index in [9.17, 15) is 0 Å². The van der Waals surface area contributed by atoms with Crippen LogP contribution in [0.3, 0.4) is 0 Å². The Morgan fingerprint density at radius 2 is 1.95 bits per heavy atom. The van der Waals surface area contributed by atoms with E-state index < -0.39 is 0 Å². The molecule has 0 aliphatic rings. The Bertz CT molecular complexity index is 616. The van der Waals surface area contributed by atoms with Crippen molar-refractivity contribution in [3.63, 3.8) is 0 Å². The zero-order chi connectivity index (χ0) is 14.9. The number of nitrogens with zero attached hydrogens (tertiary/aromatic N) is 2. The molecular weight excluding hydrogens is 314 g/mol. The maximum atomic E-state index is 4.47. The molecule has 0 radical (unpaired) electrons. The summed E-state index contributed by atoms with van der Waals surface area (Å²) in [5.74, 6) is 0. The SMILES string of the molecule is CNC(Cc1c(Br)c(C)nn1C)c1ccc(C)c(C)c1. The highest BCUT2D eigenvalue weighted by atomic mass is 79.9. The molecule has 1 unspecified atom stereocenters. The minimum absolute atomic E-state index is 0.292. The summed E-state index contributed by atoms with van der Waals surface area (Å²) >= 11 is 3.65. The maximum absolute atomic E-state index is 4.47. The molecule has 3 nitrogen and oxygen atoms in total. The van der Waals surface area contributed by atoms with Crippen molar-refractivity contribution in [3.05, 3.63) is 50.8 Å². The largest absolute Gasteiger partial charge is 0.313 e. The molecule has 0 saturated heterocycles. The fourth-order valence-electron chi connectivity index (χ4n) is 2.46. The Morgan fingerprint density at radius 3 is 2.45 bits per heavy atom. The Morgan fingerprint density at radius 1 is 1.25 bits per heavy atom. The number of aryl methyl sites for hydroxylation is 4. The van der Waals surface area contributed by atoms with Crippen LogP contribution in [0.1, 0.15) is 34.1 Å². The summed E-state index contributed by atoms with van der Waals surface area (Å²) in [6.07, 6.45) is 0.914. The fraction of sp³-hybridized carbons (Fsp3) is 0.438. The number of rotatable bonds is 4. The number of hydrogen-bond donors (Lipinski definition) is 1. The standard InChI is InChI=1S/C16H22BrN3/c1-10-6-7-13(8-11(10)2)14(18-4)9-15-16(17)12(3)19-20(15)5/h6-8,14,18H,9H2,1-5H3. The second-order valence-electron chi connectivity index (χ2n) is 5.36. The van der Waals surface area contributed by atoms with Crippen molar-refractivity contribution in [1.82, 2.24) is 15.1 Å². The molecule has 108 valence electrons. The minimum atomic E-state index is 0.292. The number of hydrogen-bond acceptors (Lipinski definition) is 2. The first-order chi connectivity index (χ1) is 9.43. The zero-order valence-corrected chi connectivity index (χ0v) is 14.4. The van der Waals surface area contributed by atoms with E-state index in [0.717, 1.165) is 16.6 Å². The third kappa shape index (κ3) is 2.96. The molecule has 4 heteroatoms. The van der Waals surface area contributed by atoms with E-state index in [4.69, 9.17) is 0 Å². The van der Waals surface area contributed by atoms with E-state index in [1.54, 1.807) is 0 Å². The van der Waals surface area contributed by atoms with E-state index in [1.807, 2.05) is 25.7 Å². The van der Waals surface area contributed by atoms with Gasteiger partial charge in [0, 0.05) is 19.5 Å². The highest BCUT2D eigenvalue weighted by Crippen LogP contribution is 2.26. The lowest BCUT2D eigenvalue weighted by atomic mass is 9.98. The molecule has 1 atom stereocenters. The van der Waals surface area contributed by atoms with Crippen molar-refractivity contribution in [1.29, 1.82) is 0 Å². The summed E-state index contributed by atoms with van der Waals surface area (Å²) in [4.78, 5) is 0. The van der Waals surface area contributed by atoms with E-state index in [1.165, 1.54) is 22.4 Å². The molecule has 0 saturated carbocycles. The van der Waals surface area contributed by atoms with Gasteiger partial charge in [-0.2, -0.15) is 5.10 Å². The lowest BCUT2D eigenvalue weighted by Gasteiger charge is -2.18. The van der Waals surface area contributed by atoms with Crippen molar-refractivity contribution >= 4 is 15.9 Å². The first kappa shape index (κ1) is 15.3. The topological polar surface area (TPSA) is 29.9 Å². The van der Waals surface area contributed by atoms with Crippen LogP contribution < -0.4 is 5.32 Å². The quantitative estimate of drug-likeness (QED) is 0.924. The van der Waals surface area contributed by atoms with Gasteiger partial charge < -0.3 is 5.32 Å². The molecule has 0 fully saturated rings. The molecule has 0 aliphatic carbocycles. The summed E-state index contributed by atoms with van der Waals surface area (Å²) < 4.78 is 3.08. The molecule has 1 aromatic carbocycles. The fourth-order valence-corrected chi connectivity index (χ4v) is 2.96. The highest BCUT2D eigenvalue weighted by Gasteiger charge is 2.17. The van der Waals surface area contributed by atoms with Gasteiger partial charge in [-0.15, -0.1) is 0 Å². The molecule has 0 amide bonds. The molecule has 1 heterocycles. The highest BCUT2D eigenvalue weighted by molar-refractivity contribution is 9.10. The molecule has 20 heavy (non-hydrogen) atoms. The third-order valence-corrected chi connectivity index (χ3v) is 4.97. The molecule has 1 N–H and O–H groups in total. The molecule has 2 aromatic rings. The van der Waals surface area contributed by atoms with Crippen LogP contribution in [-0.4, -0.2) is 16.8 Å². The first-order valence-electron chi connectivity index (χ1n) is 6.86. The molecule has 2 rings (SSSR count). The van der Waals surface area contributed by atoms with Crippen molar-refractivity contribution in [3.8, 4) is 0 Å². The molecular formula is C16H22BrN3. The van der Waals surface area contributed by atoms with E-state index in [-0.39, 0.29) is 0 Å². The van der Waals surface area contributed by atoms with E-state index in [0.29, 0.717) is 6.04 Å². The van der Waals surface area contributed by atoms with Crippen LogP contribution in [0.15, 0.2) is 22.7 Å². The van der Waals surface area contributed by atoms with Crippen molar-refractivity contribution in [2.45, 2.75) is 33.2 Å². The van der Waals surface area contributed by atoms with Gasteiger partial charge in [0.25, 0.3) is 0 Å². The predicted octanol–water partition coefficient (Wildman–Crippen LogP) is 3.61. The second kappa shape index (κ2) is 6.10. The van der Waals surface area contributed by atoms with Gasteiger partial charge in [0.15, 0.2) is 0 Å². The predicted molar refractivity (Wildman–Crippen MR) is 87.1 cm³/mol. The van der Waals surface area contributed by atoms with Crippen LogP contribution in [0.25, 0.3) is 0 Å². The molecule has 0 spiro atoms. The first-order valence-corrected chi connectivity index (χ1v) is 7.65.